The maximum Gasteiger partial charge on any atom is 0.347 e. The fraction of sp³-hybridized carbons (Fsp3) is 0.522. The molecule has 7 rings (SSSR count). The van der Waals surface area contributed by atoms with Crippen LogP contribution >= 0.6 is 0 Å². The molecule has 0 amide bonds. The summed E-state index contributed by atoms with van der Waals surface area (Å²) in [7, 11) is 0. The molecule has 0 radical (unpaired) electrons. The molecule has 24 nitrogen and oxygen atoms in total. The topological polar surface area (TPSA) is 316 Å². The fourth-order valence-electron chi connectivity index (χ4n) is 6.87. The van der Waals surface area contributed by atoms with Crippen molar-refractivity contribution in [2.24, 2.45) is 17.8 Å². The van der Waals surface area contributed by atoms with Gasteiger partial charge >= 0.3 is 71.6 Å². The normalized spacial score (nSPS) is 25.6. The Morgan fingerprint density at radius 1 is 0.514 bits per heavy atom. The lowest BCUT2D eigenvalue weighted by molar-refractivity contribution is -0.166. The molecule has 70 heavy (non-hydrogen) atoms. The second kappa shape index (κ2) is 27.4. The molecule has 5 heterocycles. The molecular formula is C46H54O24. The first-order chi connectivity index (χ1) is 33.1. The van der Waals surface area contributed by atoms with Gasteiger partial charge in [0.1, 0.15) is 12.2 Å². The van der Waals surface area contributed by atoms with Crippen LogP contribution in [0.1, 0.15) is 59.3 Å². The van der Waals surface area contributed by atoms with Gasteiger partial charge in [0, 0.05) is 66.4 Å². The Kier molecular flexibility index (Phi) is 22.2. The third-order valence-electron chi connectivity index (χ3n) is 10.3. The smallest absolute Gasteiger partial charge is 0.347 e. The number of cyclic esters (lactones) is 4. The number of fused-ring (bicyclic) bond motifs is 1. The average molecular weight is 991 g/mol. The molecule has 7 aliphatic rings. The molecule has 5 saturated heterocycles. The SMILES string of the molecule is C=C(C)C(=O)OC1C2CC3C(=O)OC1C3C2.C=C(C)C(=O)OC1CCOC1=O.C=C(C)C(=O)OCC(=O)OC1CCOC1=O.C=CC(=O)OC1CCOC1=O.C=CC(=O)OCC(=O)OC1CCOC1=O. The van der Waals surface area contributed by atoms with Gasteiger partial charge in [0.2, 0.25) is 24.4 Å². The van der Waals surface area contributed by atoms with E-state index < -0.39 is 97.3 Å². The molecule has 7 fully saturated rings. The third-order valence-corrected chi connectivity index (χ3v) is 10.3. The van der Waals surface area contributed by atoms with E-state index >= 15 is 0 Å². The van der Waals surface area contributed by atoms with Gasteiger partial charge < -0.3 is 56.8 Å². The van der Waals surface area contributed by atoms with Crippen LogP contribution in [0.2, 0.25) is 0 Å². The van der Waals surface area contributed by atoms with Crippen molar-refractivity contribution in [3.05, 3.63) is 61.8 Å². The van der Waals surface area contributed by atoms with Crippen LogP contribution in [0.5, 0.6) is 0 Å². The zero-order valence-corrected chi connectivity index (χ0v) is 38.7. The highest BCUT2D eigenvalue weighted by Crippen LogP contribution is 2.55. The van der Waals surface area contributed by atoms with Gasteiger partial charge in [-0.3, -0.25) is 4.79 Å². The Hall–Kier alpha value is -7.66. The summed E-state index contributed by atoms with van der Waals surface area (Å²) in [5, 5.41) is 0. The zero-order chi connectivity index (χ0) is 52.2. The van der Waals surface area contributed by atoms with E-state index in [1.54, 1.807) is 6.92 Å². The minimum atomic E-state index is -0.879. The summed E-state index contributed by atoms with van der Waals surface area (Å²) in [5.74, 6) is -6.01. The van der Waals surface area contributed by atoms with Crippen molar-refractivity contribution in [3.8, 4) is 0 Å². The van der Waals surface area contributed by atoms with Crippen LogP contribution < -0.4 is 0 Å². The van der Waals surface area contributed by atoms with Crippen molar-refractivity contribution in [2.75, 3.05) is 39.6 Å². The highest BCUT2D eigenvalue weighted by Gasteiger charge is 2.63. The van der Waals surface area contributed by atoms with Crippen LogP contribution in [0.3, 0.4) is 0 Å². The van der Waals surface area contributed by atoms with E-state index in [2.05, 4.69) is 66.1 Å². The Labute approximate surface area is 400 Å². The number of esters is 12. The fourth-order valence-corrected chi connectivity index (χ4v) is 6.87. The molecule has 5 aliphatic heterocycles. The summed E-state index contributed by atoms with van der Waals surface area (Å²) in [4.78, 5) is 131. The molecule has 0 aromatic carbocycles. The summed E-state index contributed by atoms with van der Waals surface area (Å²) < 4.78 is 56.8. The molecule has 0 aromatic rings. The summed E-state index contributed by atoms with van der Waals surface area (Å²) in [6, 6.07) is 0. The predicted molar refractivity (Wildman–Crippen MR) is 228 cm³/mol. The van der Waals surface area contributed by atoms with Crippen LogP contribution in [0.15, 0.2) is 61.8 Å². The highest BCUT2D eigenvalue weighted by atomic mass is 16.6. The number of hydrogen-bond acceptors (Lipinski definition) is 24. The number of carbonyl (C=O) groups excluding carboxylic acids is 12. The summed E-state index contributed by atoms with van der Waals surface area (Å²) >= 11 is 0. The number of rotatable bonds is 14. The minimum absolute atomic E-state index is 0.0646. The van der Waals surface area contributed by atoms with E-state index in [9.17, 15) is 57.5 Å². The van der Waals surface area contributed by atoms with Gasteiger partial charge in [-0.1, -0.05) is 32.9 Å². The molecule has 0 aromatic heterocycles. The van der Waals surface area contributed by atoms with Gasteiger partial charge in [-0.15, -0.1) is 0 Å². The Morgan fingerprint density at radius 2 is 0.914 bits per heavy atom. The monoisotopic (exact) mass is 990 g/mol. The number of hydrogen-bond donors (Lipinski definition) is 0. The molecule has 2 bridgehead atoms. The van der Waals surface area contributed by atoms with Crippen molar-refractivity contribution in [3.63, 3.8) is 0 Å². The van der Waals surface area contributed by atoms with E-state index in [1.807, 2.05) is 0 Å². The van der Waals surface area contributed by atoms with Gasteiger partial charge in [-0.05, 0) is 33.6 Å². The Bertz CT molecular complexity index is 2120. The van der Waals surface area contributed by atoms with Gasteiger partial charge in [0.05, 0.1) is 32.3 Å². The van der Waals surface area contributed by atoms with Gasteiger partial charge in [-0.25, -0.2) is 52.7 Å². The van der Waals surface area contributed by atoms with Crippen LogP contribution in [0.25, 0.3) is 0 Å². The zero-order valence-electron chi connectivity index (χ0n) is 38.7. The quantitative estimate of drug-likeness (QED) is 0.133. The lowest BCUT2D eigenvalue weighted by Crippen LogP contribution is -2.36. The third kappa shape index (κ3) is 17.5. The second-order valence-corrected chi connectivity index (χ2v) is 15.8. The largest absolute Gasteiger partial charge is 0.463 e. The van der Waals surface area contributed by atoms with Crippen molar-refractivity contribution in [1.82, 2.24) is 0 Å². The molecule has 2 saturated carbocycles. The maximum atomic E-state index is 11.5. The van der Waals surface area contributed by atoms with Crippen LogP contribution in [0.4, 0.5) is 0 Å². The van der Waals surface area contributed by atoms with Gasteiger partial charge in [0.25, 0.3) is 0 Å². The maximum absolute atomic E-state index is 11.5. The molecule has 382 valence electrons. The molecule has 9 unspecified atom stereocenters. The first-order valence-corrected chi connectivity index (χ1v) is 21.5. The molecular weight excluding hydrogens is 936 g/mol. The summed E-state index contributed by atoms with van der Waals surface area (Å²) in [6.45, 7) is 21.3. The summed E-state index contributed by atoms with van der Waals surface area (Å²) in [6.07, 6.45) is 1.63. The lowest BCUT2D eigenvalue weighted by atomic mass is 9.88. The molecule has 9 atom stereocenters. The second-order valence-electron chi connectivity index (χ2n) is 15.8. The molecule has 2 aliphatic carbocycles. The van der Waals surface area contributed by atoms with E-state index in [-0.39, 0.29) is 60.3 Å². The number of carbonyl (C=O) groups is 12. The Balaban J connectivity index is 0.000000233. The Morgan fingerprint density at radius 3 is 1.31 bits per heavy atom. The molecule has 24 heteroatoms. The molecule has 0 N–H and O–H groups in total. The van der Waals surface area contributed by atoms with Crippen molar-refractivity contribution in [2.45, 2.75) is 95.9 Å². The minimum Gasteiger partial charge on any atom is -0.463 e. The van der Waals surface area contributed by atoms with Crippen LogP contribution in [0, 0.1) is 17.8 Å². The van der Waals surface area contributed by atoms with Gasteiger partial charge in [-0.2, -0.15) is 0 Å². The van der Waals surface area contributed by atoms with Crippen molar-refractivity contribution in [1.29, 1.82) is 0 Å². The summed E-state index contributed by atoms with van der Waals surface area (Å²) in [5.41, 5.74) is 0.867. The van der Waals surface area contributed by atoms with Gasteiger partial charge in [0.15, 0.2) is 13.2 Å². The van der Waals surface area contributed by atoms with Crippen molar-refractivity contribution >= 4 is 71.6 Å². The van der Waals surface area contributed by atoms with Crippen molar-refractivity contribution < 1.29 is 114 Å². The lowest BCUT2D eigenvalue weighted by Gasteiger charge is -2.25. The first kappa shape index (κ1) is 56.7. The van der Waals surface area contributed by atoms with E-state index in [0.717, 1.165) is 25.0 Å². The molecule has 0 spiro atoms. The predicted octanol–water partition coefficient (Wildman–Crippen LogP) is 1.05. The first-order valence-electron chi connectivity index (χ1n) is 21.5. The van der Waals surface area contributed by atoms with E-state index in [1.165, 1.54) is 13.8 Å². The van der Waals surface area contributed by atoms with Crippen LogP contribution in [-0.4, -0.2) is 148 Å². The highest BCUT2D eigenvalue weighted by molar-refractivity contribution is 5.91. The van der Waals surface area contributed by atoms with Crippen LogP contribution in [-0.2, 0) is 114 Å². The average Bonchev–Trinajstić information content (AvgIpc) is 4.22. The van der Waals surface area contributed by atoms with E-state index in [0.29, 0.717) is 50.4 Å². The number of ether oxygens (including phenoxy) is 12. The standard InChI is InChI=1S/C12H14O4.C10H12O6.C9H10O6.C8H10O4.C7H8O4/c1-5(2)11(13)15-9-6-3-7-8(4-6)12(14)16-10(7)9;1-6(2)9(12)15-5-8(11)16-7-3-4-14-10(7)13;1-2-7(10)14-5-8(11)15-6-3-4-13-9(6)12;1-5(2)7(9)12-6-3-4-11-8(6)10;1-2-6(8)11-5-3-4-10-7(5)9/h6-10H,1,3-4H2,2H3;7H,1,3-5H2,2H3;2,6H,1,3-5H2;6H,1,3-4H2,2H3;2,5H,1,3-4H2. The van der Waals surface area contributed by atoms with E-state index in [4.69, 9.17) is 23.7 Å².